The van der Waals surface area contributed by atoms with Gasteiger partial charge in [0.05, 0.1) is 12.2 Å². The summed E-state index contributed by atoms with van der Waals surface area (Å²) in [5.74, 6) is 0.217. The van der Waals surface area contributed by atoms with E-state index in [1.54, 1.807) is 0 Å². The minimum atomic E-state index is 0.217. The normalized spacial score (nSPS) is 19.8. The number of hydrogen-bond acceptors (Lipinski definition) is 4. The van der Waals surface area contributed by atoms with E-state index < -0.39 is 0 Å². The van der Waals surface area contributed by atoms with Crippen molar-refractivity contribution in [2.45, 2.75) is 17.1 Å². The zero-order chi connectivity index (χ0) is 18.8. The Hall–Kier alpha value is -1.85. The SMILES string of the molecule is C[C@H]1CN(CC(=O)N2CCN(c3cccc(Cl)c3)CC2)c2ccccc2S1. The Bertz CT molecular complexity index is 823. The number of fused-ring (bicyclic) bond motifs is 1. The van der Waals surface area contributed by atoms with E-state index in [2.05, 4.69) is 47.1 Å². The predicted octanol–water partition coefficient (Wildman–Crippen LogP) is 3.99. The first-order valence-corrected chi connectivity index (χ1v) is 10.6. The molecule has 0 radical (unpaired) electrons. The van der Waals surface area contributed by atoms with E-state index in [4.69, 9.17) is 11.6 Å². The van der Waals surface area contributed by atoms with E-state index in [-0.39, 0.29) is 5.91 Å². The number of para-hydroxylation sites is 1. The van der Waals surface area contributed by atoms with E-state index in [0.29, 0.717) is 11.8 Å². The van der Waals surface area contributed by atoms with Crippen molar-refractivity contribution in [2.24, 2.45) is 0 Å². The number of thioether (sulfide) groups is 1. The molecule has 1 saturated heterocycles. The lowest BCUT2D eigenvalue weighted by Crippen LogP contribution is -2.52. The van der Waals surface area contributed by atoms with Gasteiger partial charge in [-0.15, -0.1) is 11.8 Å². The van der Waals surface area contributed by atoms with E-state index in [1.807, 2.05) is 34.9 Å². The molecular formula is C21H24ClN3OS. The number of halogens is 1. The summed E-state index contributed by atoms with van der Waals surface area (Å²) in [7, 11) is 0. The summed E-state index contributed by atoms with van der Waals surface area (Å²) in [6.07, 6.45) is 0. The third-order valence-corrected chi connectivity index (χ3v) is 6.53. The van der Waals surface area contributed by atoms with E-state index in [9.17, 15) is 4.79 Å². The summed E-state index contributed by atoms with van der Waals surface area (Å²) in [5, 5.41) is 1.24. The van der Waals surface area contributed by atoms with Gasteiger partial charge in [0.2, 0.25) is 5.91 Å². The van der Waals surface area contributed by atoms with Gasteiger partial charge in [0.15, 0.2) is 0 Å². The van der Waals surface area contributed by atoms with Gasteiger partial charge in [0.1, 0.15) is 0 Å². The van der Waals surface area contributed by atoms with Crippen LogP contribution in [0.1, 0.15) is 6.92 Å². The largest absolute Gasteiger partial charge is 0.368 e. The highest BCUT2D eigenvalue weighted by atomic mass is 35.5. The molecule has 0 bridgehead atoms. The number of rotatable bonds is 3. The van der Waals surface area contributed by atoms with Crippen molar-refractivity contribution >= 4 is 40.6 Å². The van der Waals surface area contributed by atoms with Crippen LogP contribution in [0.5, 0.6) is 0 Å². The van der Waals surface area contributed by atoms with E-state index in [0.717, 1.165) is 43.4 Å². The molecule has 0 saturated carbocycles. The fraction of sp³-hybridized carbons (Fsp3) is 0.381. The number of carbonyl (C=O) groups is 1. The second-order valence-electron chi connectivity index (χ2n) is 7.12. The van der Waals surface area contributed by atoms with Gasteiger partial charge in [0.25, 0.3) is 0 Å². The molecule has 4 nitrogen and oxygen atoms in total. The number of anilines is 2. The molecule has 0 aromatic heterocycles. The predicted molar refractivity (Wildman–Crippen MR) is 114 cm³/mol. The smallest absolute Gasteiger partial charge is 0.242 e. The molecule has 1 atom stereocenters. The molecule has 4 rings (SSSR count). The van der Waals surface area contributed by atoms with Crippen LogP contribution in [-0.4, -0.2) is 55.3 Å². The molecule has 2 aliphatic heterocycles. The maximum Gasteiger partial charge on any atom is 0.242 e. The summed E-state index contributed by atoms with van der Waals surface area (Å²) >= 11 is 8.00. The summed E-state index contributed by atoms with van der Waals surface area (Å²) in [5.41, 5.74) is 2.32. The van der Waals surface area contributed by atoms with Gasteiger partial charge in [-0.25, -0.2) is 0 Å². The number of carbonyl (C=O) groups excluding carboxylic acids is 1. The van der Waals surface area contributed by atoms with Crippen LogP contribution >= 0.6 is 23.4 Å². The first kappa shape index (κ1) is 18.5. The lowest BCUT2D eigenvalue weighted by atomic mass is 10.2. The monoisotopic (exact) mass is 401 g/mol. The Kier molecular flexibility index (Phi) is 5.50. The molecule has 2 aliphatic rings. The summed E-state index contributed by atoms with van der Waals surface area (Å²) in [4.78, 5) is 20.7. The van der Waals surface area contributed by atoms with Crippen LogP contribution in [0.15, 0.2) is 53.4 Å². The second kappa shape index (κ2) is 8.03. The Morgan fingerprint density at radius 2 is 1.89 bits per heavy atom. The Balaban J connectivity index is 1.38. The molecule has 0 unspecified atom stereocenters. The molecule has 27 heavy (non-hydrogen) atoms. The fourth-order valence-corrected chi connectivity index (χ4v) is 5.13. The Morgan fingerprint density at radius 1 is 1.11 bits per heavy atom. The summed E-state index contributed by atoms with van der Waals surface area (Å²) in [6, 6.07) is 16.3. The molecular weight excluding hydrogens is 378 g/mol. The molecule has 0 spiro atoms. The third kappa shape index (κ3) is 4.19. The summed E-state index contributed by atoms with van der Waals surface area (Å²) < 4.78 is 0. The molecule has 2 aromatic rings. The van der Waals surface area contributed by atoms with Crippen molar-refractivity contribution in [1.29, 1.82) is 0 Å². The summed E-state index contributed by atoms with van der Waals surface area (Å²) in [6.45, 7) is 6.79. The highest BCUT2D eigenvalue weighted by Crippen LogP contribution is 2.37. The number of benzene rings is 2. The maximum absolute atomic E-state index is 12.9. The number of nitrogens with zero attached hydrogens (tertiary/aromatic N) is 3. The van der Waals surface area contributed by atoms with Crippen LogP contribution in [0.4, 0.5) is 11.4 Å². The molecule has 142 valence electrons. The average molecular weight is 402 g/mol. The lowest BCUT2D eigenvalue weighted by Gasteiger charge is -2.39. The van der Waals surface area contributed by atoms with E-state index in [1.165, 1.54) is 10.6 Å². The Labute approximate surface area is 170 Å². The van der Waals surface area contributed by atoms with Gasteiger partial charge < -0.3 is 14.7 Å². The van der Waals surface area contributed by atoms with Gasteiger partial charge >= 0.3 is 0 Å². The van der Waals surface area contributed by atoms with Crippen LogP contribution in [0, 0.1) is 0 Å². The van der Waals surface area contributed by atoms with Crippen molar-refractivity contribution < 1.29 is 4.79 Å². The van der Waals surface area contributed by atoms with Gasteiger partial charge in [-0.05, 0) is 30.3 Å². The molecule has 0 N–H and O–H groups in total. The quantitative estimate of drug-likeness (QED) is 0.777. The zero-order valence-corrected chi connectivity index (χ0v) is 17.0. The van der Waals surface area contributed by atoms with Gasteiger partial charge in [-0.1, -0.05) is 36.7 Å². The minimum Gasteiger partial charge on any atom is -0.368 e. The van der Waals surface area contributed by atoms with Gasteiger partial charge in [-0.2, -0.15) is 0 Å². The molecule has 0 aliphatic carbocycles. The Morgan fingerprint density at radius 3 is 2.67 bits per heavy atom. The first-order chi connectivity index (χ1) is 13.1. The molecule has 6 heteroatoms. The second-order valence-corrected chi connectivity index (χ2v) is 9.04. The lowest BCUT2D eigenvalue weighted by molar-refractivity contribution is -0.130. The van der Waals surface area contributed by atoms with Crippen LogP contribution in [0.2, 0.25) is 5.02 Å². The topological polar surface area (TPSA) is 26.8 Å². The van der Waals surface area contributed by atoms with Crippen molar-refractivity contribution in [3.05, 3.63) is 53.6 Å². The highest BCUT2D eigenvalue weighted by molar-refractivity contribution is 8.00. The van der Waals surface area contributed by atoms with Crippen LogP contribution in [0.3, 0.4) is 0 Å². The van der Waals surface area contributed by atoms with Gasteiger partial charge in [0, 0.05) is 53.6 Å². The average Bonchev–Trinajstić information content (AvgIpc) is 2.68. The minimum absolute atomic E-state index is 0.217. The maximum atomic E-state index is 12.9. The van der Waals surface area contributed by atoms with Crippen LogP contribution < -0.4 is 9.80 Å². The number of amides is 1. The molecule has 1 fully saturated rings. The number of piperazine rings is 1. The van der Waals surface area contributed by atoms with Crippen molar-refractivity contribution in [1.82, 2.24) is 4.90 Å². The number of hydrogen-bond donors (Lipinski definition) is 0. The van der Waals surface area contributed by atoms with Crippen LogP contribution in [0.25, 0.3) is 0 Å². The molecule has 1 amide bonds. The van der Waals surface area contributed by atoms with E-state index >= 15 is 0 Å². The molecule has 2 aromatic carbocycles. The highest BCUT2D eigenvalue weighted by Gasteiger charge is 2.27. The third-order valence-electron chi connectivity index (χ3n) is 5.14. The van der Waals surface area contributed by atoms with Crippen molar-refractivity contribution in [3.63, 3.8) is 0 Å². The first-order valence-electron chi connectivity index (χ1n) is 9.39. The zero-order valence-electron chi connectivity index (χ0n) is 15.5. The standard InChI is InChI=1S/C21H24ClN3OS/c1-16-14-25(19-7-2-3-8-20(19)27-16)15-21(26)24-11-9-23(10-12-24)18-6-4-5-17(22)13-18/h2-8,13,16H,9-12,14-15H2,1H3/t16-/m0/s1. The van der Waals surface area contributed by atoms with Crippen molar-refractivity contribution in [3.8, 4) is 0 Å². The fourth-order valence-electron chi connectivity index (χ4n) is 3.78. The van der Waals surface area contributed by atoms with Crippen molar-refractivity contribution in [2.75, 3.05) is 49.1 Å². The van der Waals surface area contributed by atoms with Gasteiger partial charge in [-0.3, -0.25) is 4.79 Å². The molecule has 2 heterocycles. The van der Waals surface area contributed by atoms with Crippen LogP contribution in [-0.2, 0) is 4.79 Å².